The monoisotopic (exact) mass is 315 g/mol. The summed E-state index contributed by atoms with van der Waals surface area (Å²) in [7, 11) is 1.26. The molecule has 0 atom stereocenters. The molecule has 5 heteroatoms. The van der Waals surface area contributed by atoms with Gasteiger partial charge >= 0.3 is 6.18 Å². The fraction of sp³-hybridized carbons (Fsp3) is 0.647. The van der Waals surface area contributed by atoms with Gasteiger partial charge in [0.25, 0.3) is 0 Å². The van der Waals surface area contributed by atoms with Gasteiger partial charge in [-0.1, -0.05) is 32.1 Å². The van der Waals surface area contributed by atoms with E-state index in [-0.39, 0.29) is 5.75 Å². The van der Waals surface area contributed by atoms with Gasteiger partial charge in [0.05, 0.1) is 12.7 Å². The van der Waals surface area contributed by atoms with Crippen molar-refractivity contribution >= 4 is 5.69 Å². The third kappa shape index (κ3) is 4.82. The molecule has 2 nitrogen and oxygen atoms in total. The molecule has 1 aliphatic carbocycles. The molecule has 1 fully saturated rings. The quantitative estimate of drug-likeness (QED) is 0.793. The van der Waals surface area contributed by atoms with Crippen molar-refractivity contribution in [2.45, 2.75) is 51.1 Å². The van der Waals surface area contributed by atoms with Gasteiger partial charge in [-0.25, -0.2) is 0 Å². The van der Waals surface area contributed by atoms with Crippen LogP contribution in [0.5, 0.6) is 5.75 Å². The van der Waals surface area contributed by atoms with E-state index in [1.165, 1.54) is 45.3 Å². The zero-order chi connectivity index (χ0) is 16.0. The maximum Gasteiger partial charge on any atom is 0.420 e. The minimum absolute atomic E-state index is 0.135. The van der Waals surface area contributed by atoms with Gasteiger partial charge in [0.2, 0.25) is 0 Å². The molecule has 0 unspecified atom stereocenters. The fourth-order valence-corrected chi connectivity index (χ4v) is 3.05. The van der Waals surface area contributed by atoms with Crippen molar-refractivity contribution in [1.82, 2.24) is 0 Å². The second-order valence-corrected chi connectivity index (χ2v) is 6.00. The highest BCUT2D eigenvalue weighted by molar-refractivity contribution is 5.52. The summed E-state index contributed by atoms with van der Waals surface area (Å²) < 4.78 is 43.8. The Balaban J connectivity index is 2.00. The molecule has 1 N–H and O–H groups in total. The molecule has 0 bridgehead atoms. The van der Waals surface area contributed by atoms with Gasteiger partial charge in [-0.2, -0.15) is 13.2 Å². The third-order valence-electron chi connectivity index (χ3n) is 4.32. The first-order valence-electron chi connectivity index (χ1n) is 8.00. The maximum absolute atomic E-state index is 13.0. The number of methoxy groups -OCH3 is 1. The van der Waals surface area contributed by atoms with Crippen LogP contribution in [-0.4, -0.2) is 13.7 Å². The molecule has 22 heavy (non-hydrogen) atoms. The average molecular weight is 315 g/mol. The lowest BCUT2D eigenvalue weighted by molar-refractivity contribution is -0.138. The Kier molecular flexibility index (Phi) is 5.98. The van der Waals surface area contributed by atoms with Crippen LogP contribution in [0.25, 0.3) is 0 Å². The van der Waals surface area contributed by atoms with E-state index >= 15 is 0 Å². The number of halogens is 3. The lowest BCUT2D eigenvalue weighted by atomic mass is 9.91. The smallest absolute Gasteiger partial charge is 0.420 e. The number of anilines is 1. The topological polar surface area (TPSA) is 21.3 Å². The van der Waals surface area contributed by atoms with E-state index in [9.17, 15) is 13.2 Å². The van der Waals surface area contributed by atoms with Crippen molar-refractivity contribution in [3.8, 4) is 5.75 Å². The maximum atomic E-state index is 13.0. The number of hydrogen-bond donors (Lipinski definition) is 1. The first-order chi connectivity index (χ1) is 10.5. The van der Waals surface area contributed by atoms with E-state index in [0.29, 0.717) is 11.6 Å². The molecule has 1 aliphatic rings. The number of rotatable bonds is 4. The van der Waals surface area contributed by atoms with Gasteiger partial charge in [0, 0.05) is 12.2 Å². The average Bonchev–Trinajstić information content (AvgIpc) is 2.45. The molecule has 0 radical (unpaired) electrons. The van der Waals surface area contributed by atoms with E-state index in [0.717, 1.165) is 25.5 Å². The van der Waals surface area contributed by atoms with Crippen LogP contribution in [0.2, 0.25) is 0 Å². The van der Waals surface area contributed by atoms with Crippen molar-refractivity contribution in [3.63, 3.8) is 0 Å². The number of alkyl halides is 3. The van der Waals surface area contributed by atoms with Gasteiger partial charge in [-0.15, -0.1) is 0 Å². The molecule has 0 aromatic heterocycles. The first-order valence-corrected chi connectivity index (χ1v) is 8.00. The summed E-state index contributed by atoms with van der Waals surface area (Å²) in [6.45, 7) is 0.740. The Morgan fingerprint density at radius 1 is 1.09 bits per heavy atom. The fourth-order valence-electron chi connectivity index (χ4n) is 3.05. The van der Waals surface area contributed by atoms with Gasteiger partial charge < -0.3 is 10.1 Å². The van der Waals surface area contributed by atoms with Crippen LogP contribution in [0.15, 0.2) is 18.2 Å². The molecule has 0 amide bonds. The normalized spacial score (nSPS) is 17.6. The summed E-state index contributed by atoms with van der Waals surface area (Å²) in [6.07, 6.45) is 4.24. The van der Waals surface area contributed by atoms with Crippen LogP contribution in [0.3, 0.4) is 0 Å². The largest absolute Gasteiger partial charge is 0.496 e. The summed E-state index contributed by atoms with van der Waals surface area (Å²) in [5.74, 6) is 0.417. The standard InChI is InChI=1S/C17H24F3NO/c1-22-16-10-9-14(11-15(16)17(18,19)20)21-12-13-7-5-3-2-4-6-8-13/h9-11,13,21H,2-8,12H2,1H3. The highest BCUT2D eigenvalue weighted by Gasteiger charge is 2.34. The van der Waals surface area contributed by atoms with Gasteiger partial charge in [0.15, 0.2) is 0 Å². The summed E-state index contributed by atoms with van der Waals surface area (Å²) in [5, 5.41) is 3.17. The predicted molar refractivity (Wildman–Crippen MR) is 82.3 cm³/mol. The van der Waals surface area contributed by atoms with Crippen molar-refractivity contribution in [1.29, 1.82) is 0 Å². The Bertz CT molecular complexity index is 465. The number of ether oxygens (including phenoxy) is 1. The third-order valence-corrected chi connectivity index (χ3v) is 4.32. The van der Waals surface area contributed by atoms with Crippen molar-refractivity contribution < 1.29 is 17.9 Å². The van der Waals surface area contributed by atoms with Crippen LogP contribution >= 0.6 is 0 Å². The molecule has 0 saturated heterocycles. The van der Waals surface area contributed by atoms with Crippen molar-refractivity contribution in [2.24, 2.45) is 5.92 Å². The Labute approximate surface area is 130 Å². The SMILES string of the molecule is COc1ccc(NCC2CCCCCCC2)cc1C(F)(F)F. The van der Waals surface area contributed by atoms with Gasteiger partial charge in [0.1, 0.15) is 5.75 Å². The molecule has 0 spiro atoms. The zero-order valence-electron chi connectivity index (χ0n) is 13.0. The highest BCUT2D eigenvalue weighted by atomic mass is 19.4. The Morgan fingerprint density at radius 3 is 2.32 bits per heavy atom. The molecule has 124 valence electrons. The highest BCUT2D eigenvalue weighted by Crippen LogP contribution is 2.37. The number of benzene rings is 1. The second kappa shape index (κ2) is 7.75. The van der Waals surface area contributed by atoms with Crippen LogP contribution in [-0.2, 0) is 6.18 Å². The minimum atomic E-state index is -4.40. The lowest BCUT2D eigenvalue weighted by Crippen LogP contribution is -2.16. The van der Waals surface area contributed by atoms with E-state index in [2.05, 4.69) is 5.32 Å². The second-order valence-electron chi connectivity index (χ2n) is 6.00. The predicted octanol–water partition coefficient (Wildman–Crippen LogP) is 5.49. The molecular formula is C17H24F3NO. The summed E-state index contributed by atoms with van der Waals surface area (Å²) >= 11 is 0. The van der Waals surface area contributed by atoms with Crippen LogP contribution in [0.4, 0.5) is 18.9 Å². The summed E-state index contributed by atoms with van der Waals surface area (Å²) in [6, 6.07) is 4.17. The van der Waals surface area contributed by atoms with Crippen molar-refractivity contribution in [3.05, 3.63) is 23.8 Å². The minimum Gasteiger partial charge on any atom is -0.496 e. The number of hydrogen-bond acceptors (Lipinski definition) is 2. The van der Waals surface area contributed by atoms with E-state index in [1.807, 2.05) is 0 Å². The molecular weight excluding hydrogens is 291 g/mol. The molecule has 1 aromatic rings. The van der Waals surface area contributed by atoms with Crippen LogP contribution in [0.1, 0.15) is 50.5 Å². The molecule has 0 aliphatic heterocycles. The number of nitrogens with one attached hydrogen (secondary N) is 1. The van der Waals surface area contributed by atoms with E-state index in [4.69, 9.17) is 4.74 Å². The molecule has 2 rings (SSSR count). The molecule has 1 aromatic carbocycles. The Morgan fingerprint density at radius 2 is 1.73 bits per heavy atom. The van der Waals surface area contributed by atoms with Crippen LogP contribution in [0, 0.1) is 5.92 Å². The van der Waals surface area contributed by atoms with E-state index in [1.54, 1.807) is 6.07 Å². The molecule has 0 heterocycles. The zero-order valence-corrected chi connectivity index (χ0v) is 13.0. The van der Waals surface area contributed by atoms with E-state index < -0.39 is 11.7 Å². The summed E-state index contributed by atoms with van der Waals surface area (Å²) in [4.78, 5) is 0. The van der Waals surface area contributed by atoms with Gasteiger partial charge in [-0.05, 0) is 37.0 Å². The van der Waals surface area contributed by atoms with Crippen LogP contribution < -0.4 is 10.1 Å². The molecule has 1 saturated carbocycles. The first kappa shape index (κ1) is 17.0. The van der Waals surface area contributed by atoms with Gasteiger partial charge in [-0.3, -0.25) is 0 Å². The lowest BCUT2D eigenvalue weighted by Gasteiger charge is -2.21. The Hall–Kier alpha value is -1.39. The van der Waals surface area contributed by atoms with Crippen molar-refractivity contribution in [2.75, 3.05) is 19.0 Å². The summed E-state index contributed by atoms with van der Waals surface area (Å²) in [5.41, 5.74) is -0.215.